The van der Waals surface area contributed by atoms with Gasteiger partial charge in [0.1, 0.15) is 6.07 Å². The van der Waals surface area contributed by atoms with E-state index in [0.29, 0.717) is 0 Å². The molecule has 158 valence electrons. The van der Waals surface area contributed by atoms with Gasteiger partial charge in [0.05, 0.1) is 23.3 Å². The summed E-state index contributed by atoms with van der Waals surface area (Å²) >= 11 is 0. The summed E-state index contributed by atoms with van der Waals surface area (Å²) in [5, 5.41) is 20.0. The number of nitro benzene ring substituents is 1. The van der Waals surface area contributed by atoms with Crippen molar-refractivity contribution in [3.05, 3.63) is 67.9 Å². The lowest BCUT2D eigenvalue weighted by Gasteiger charge is -2.09. The first-order valence-electron chi connectivity index (χ1n) is 7.43. The number of allylic oxidation sites excluding steroid dienone is 1. The minimum absolute atomic E-state index is 0.0590. The van der Waals surface area contributed by atoms with Crippen LogP contribution >= 0.6 is 0 Å². The zero-order valence-corrected chi connectivity index (χ0v) is 15.4. The lowest BCUT2D eigenvalue weighted by atomic mass is 10.1. The summed E-state index contributed by atoms with van der Waals surface area (Å²) in [5.74, 6) is -12.1. The maximum absolute atomic E-state index is 13.8. The fraction of sp³-hybridized carbons (Fsp3) is 0.0625. The average molecular weight is 449 g/mol. The van der Waals surface area contributed by atoms with Gasteiger partial charge in [0.25, 0.3) is 10.0 Å². The summed E-state index contributed by atoms with van der Waals surface area (Å²) in [6.07, 6.45) is -0.0590. The van der Waals surface area contributed by atoms with E-state index in [4.69, 9.17) is 10.00 Å². The number of sulfonamides is 1. The van der Waals surface area contributed by atoms with Crippen LogP contribution in [0.3, 0.4) is 0 Å². The van der Waals surface area contributed by atoms with Crippen LogP contribution in [0.4, 0.5) is 33.3 Å². The molecule has 0 aliphatic heterocycles. The summed E-state index contributed by atoms with van der Waals surface area (Å²) in [7, 11) is -3.82. The number of nitro groups is 1. The maximum Gasteiger partial charge on any atom is 0.312 e. The number of hydrogen-bond acceptors (Lipinski definition) is 6. The van der Waals surface area contributed by atoms with Gasteiger partial charge in [-0.3, -0.25) is 14.8 Å². The SMILES string of the molecule is COc1ccc(NS(=O)(=O)C(C#N)=Cc2c(F)c(F)c(F)c(F)c2F)cc1[N+](=O)[O-]. The van der Waals surface area contributed by atoms with Gasteiger partial charge in [-0.25, -0.2) is 30.4 Å². The van der Waals surface area contributed by atoms with Crippen molar-refractivity contribution in [2.45, 2.75) is 0 Å². The smallest absolute Gasteiger partial charge is 0.312 e. The number of rotatable bonds is 6. The molecule has 0 fully saturated rings. The lowest BCUT2D eigenvalue weighted by molar-refractivity contribution is -0.385. The molecular formula is C16H8F5N3O5S. The third kappa shape index (κ3) is 4.15. The molecule has 0 spiro atoms. The molecule has 0 bridgehead atoms. The molecule has 0 unspecified atom stereocenters. The van der Waals surface area contributed by atoms with Crippen LogP contribution < -0.4 is 9.46 Å². The highest BCUT2D eigenvalue weighted by atomic mass is 32.2. The number of benzene rings is 2. The number of anilines is 1. The molecule has 2 aromatic carbocycles. The second kappa shape index (κ2) is 8.33. The molecule has 2 rings (SSSR count). The summed E-state index contributed by atoms with van der Waals surface area (Å²) in [5.41, 5.74) is -2.75. The first-order valence-corrected chi connectivity index (χ1v) is 8.91. The molecule has 14 heteroatoms. The summed E-state index contributed by atoms with van der Waals surface area (Å²) in [4.78, 5) is 8.67. The van der Waals surface area contributed by atoms with Crippen LogP contribution in [0, 0.1) is 50.5 Å². The molecule has 2 aromatic rings. The van der Waals surface area contributed by atoms with E-state index in [9.17, 15) is 40.5 Å². The second-order valence-corrected chi connectivity index (χ2v) is 7.00. The highest BCUT2D eigenvalue weighted by Gasteiger charge is 2.27. The topological polar surface area (TPSA) is 122 Å². The molecule has 0 aromatic heterocycles. The van der Waals surface area contributed by atoms with Gasteiger partial charge in [0.15, 0.2) is 33.9 Å². The minimum atomic E-state index is -4.94. The molecule has 0 saturated carbocycles. The van der Waals surface area contributed by atoms with Crippen molar-refractivity contribution >= 4 is 27.5 Å². The van der Waals surface area contributed by atoms with E-state index in [0.717, 1.165) is 31.4 Å². The number of methoxy groups -OCH3 is 1. The Labute approximate surface area is 165 Å². The molecular weight excluding hydrogens is 441 g/mol. The van der Waals surface area contributed by atoms with E-state index in [1.54, 1.807) is 4.72 Å². The molecule has 0 aliphatic rings. The van der Waals surface area contributed by atoms with Crippen molar-refractivity contribution in [3.63, 3.8) is 0 Å². The van der Waals surface area contributed by atoms with Crippen molar-refractivity contribution in [3.8, 4) is 11.8 Å². The highest BCUT2D eigenvalue weighted by Crippen LogP contribution is 2.31. The van der Waals surface area contributed by atoms with Gasteiger partial charge in [-0.05, 0) is 18.2 Å². The van der Waals surface area contributed by atoms with Gasteiger partial charge >= 0.3 is 5.69 Å². The van der Waals surface area contributed by atoms with Crippen LogP contribution in [0.2, 0.25) is 0 Å². The number of ether oxygens (including phenoxy) is 1. The van der Waals surface area contributed by atoms with Crippen molar-refractivity contribution in [2.75, 3.05) is 11.8 Å². The van der Waals surface area contributed by atoms with Crippen molar-refractivity contribution in [1.82, 2.24) is 0 Å². The molecule has 0 heterocycles. The Morgan fingerprint density at radius 1 is 1.13 bits per heavy atom. The van der Waals surface area contributed by atoms with Crippen molar-refractivity contribution in [2.24, 2.45) is 0 Å². The zero-order valence-electron chi connectivity index (χ0n) is 14.5. The molecule has 8 nitrogen and oxygen atoms in total. The van der Waals surface area contributed by atoms with E-state index in [2.05, 4.69) is 0 Å². The number of nitriles is 1. The Bertz CT molecular complexity index is 1200. The zero-order chi connectivity index (χ0) is 22.8. The Balaban J connectivity index is 2.56. The van der Waals surface area contributed by atoms with Gasteiger partial charge in [0, 0.05) is 6.07 Å². The molecule has 0 aliphatic carbocycles. The summed E-state index contributed by atoms with van der Waals surface area (Å²) < 4.78 is 98.3. The fourth-order valence-corrected chi connectivity index (χ4v) is 3.10. The summed E-state index contributed by atoms with van der Waals surface area (Å²) in [6.45, 7) is 0. The van der Waals surface area contributed by atoms with Gasteiger partial charge in [-0.15, -0.1) is 0 Å². The lowest BCUT2D eigenvalue weighted by Crippen LogP contribution is -2.15. The number of halogens is 5. The Morgan fingerprint density at radius 2 is 1.67 bits per heavy atom. The van der Waals surface area contributed by atoms with Crippen LogP contribution in [0.1, 0.15) is 5.56 Å². The van der Waals surface area contributed by atoms with Crippen LogP contribution in [0.5, 0.6) is 5.75 Å². The third-order valence-electron chi connectivity index (χ3n) is 3.55. The van der Waals surface area contributed by atoms with Crippen LogP contribution in [-0.4, -0.2) is 20.5 Å². The molecule has 0 saturated heterocycles. The molecule has 1 N–H and O–H groups in total. The fourth-order valence-electron chi connectivity index (χ4n) is 2.16. The predicted molar refractivity (Wildman–Crippen MR) is 92.0 cm³/mol. The average Bonchev–Trinajstić information content (AvgIpc) is 2.70. The number of hydrogen-bond donors (Lipinski definition) is 1. The molecule has 0 atom stereocenters. The third-order valence-corrected chi connectivity index (χ3v) is 4.84. The standard InChI is InChI=1S/C16H8F5N3O5S/c1-29-11-3-2-7(4-10(11)24(25)26)23-30(27,28)8(6-22)5-9-12(17)14(19)16(21)15(20)13(9)18/h2-5,23H,1H3. The number of nitrogens with zero attached hydrogens (tertiary/aromatic N) is 2. The van der Waals surface area contributed by atoms with Crippen LogP contribution in [0.15, 0.2) is 23.1 Å². The monoisotopic (exact) mass is 449 g/mol. The largest absolute Gasteiger partial charge is 0.490 e. The van der Waals surface area contributed by atoms with E-state index >= 15 is 0 Å². The van der Waals surface area contributed by atoms with Gasteiger partial charge in [-0.2, -0.15) is 5.26 Å². The van der Waals surface area contributed by atoms with E-state index in [1.807, 2.05) is 0 Å². The normalized spacial score (nSPS) is 11.7. The maximum atomic E-state index is 13.8. The molecule has 0 amide bonds. The Kier molecular flexibility index (Phi) is 6.26. The molecule has 30 heavy (non-hydrogen) atoms. The minimum Gasteiger partial charge on any atom is -0.490 e. The van der Waals surface area contributed by atoms with Gasteiger partial charge in [0.2, 0.25) is 5.82 Å². The first kappa shape index (κ1) is 22.6. The second-order valence-electron chi connectivity index (χ2n) is 5.35. The van der Waals surface area contributed by atoms with E-state index in [1.165, 1.54) is 0 Å². The van der Waals surface area contributed by atoms with E-state index < -0.39 is 65.9 Å². The van der Waals surface area contributed by atoms with Crippen molar-refractivity contribution < 1.29 is 40.0 Å². The van der Waals surface area contributed by atoms with E-state index in [-0.39, 0.29) is 11.8 Å². The Morgan fingerprint density at radius 3 is 2.13 bits per heavy atom. The predicted octanol–water partition coefficient (Wildman–Crippen LogP) is 3.61. The van der Waals surface area contributed by atoms with Gasteiger partial charge < -0.3 is 4.74 Å². The van der Waals surface area contributed by atoms with Crippen LogP contribution in [-0.2, 0) is 10.0 Å². The number of nitrogens with one attached hydrogen (secondary N) is 1. The first-order chi connectivity index (χ1) is 13.9. The quantitative estimate of drug-likeness (QED) is 0.180. The van der Waals surface area contributed by atoms with Crippen molar-refractivity contribution in [1.29, 1.82) is 5.26 Å². The molecule has 0 radical (unpaired) electrons. The van der Waals surface area contributed by atoms with Gasteiger partial charge in [-0.1, -0.05) is 0 Å². The Hall–Kier alpha value is -3.73. The highest BCUT2D eigenvalue weighted by molar-refractivity contribution is 7.96. The van der Waals surface area contributed by atoms with Crippen LogP contribution in [0.25, 0.3) is 6.08 Å². The summed E-state index contributed by atoms with van der Waals surface area (Å²) in [6, 6.07) is 3.82.